The van der Waals surface area contributed by atoms with Crippen molar-refractivity contribution in [3.63, 3.8) is 0 Å². The molecule has 0 fully saturated rings. The fraction of sp³-hybridized carbons (Fsp3) is 0.308. The van der Waals surface area contributed by atoms with Gasteiger partial charge in [-0.25, -0.2) is 0 Å². The van der Waals surface area contributed by atoms with Crippen molar-refractivity contribution in [2.45, 2.75) is 45.1 Å². The smallest absolute Gasteiger partial charge is 0.306 e. The summed E-state index contributed by atoms with van der Waals surface area (Å²) >= 11 is 0. The van der Waals surface area contributed by atoms with E-state index in [1.807, 2.05) is 63.2 Å². The van der Waals surface area contributed by atoms with E-state index in [1.165, 1.54) is 17.9 Å². The van der Waals surface area contributed by atoms with Gasteiger partial charge in [-0.2, -0.15) is 0 Å². The zero-order valence-electron chi connectivity index (χ0n) is 18.0. The molecule has 0 bridgehead atoms. The third-order valence-electron chi connectivity index (χ3n) is 4.96. The van der Waals surface area contributed by atoms with Crippen molar-refractivity contribution in [2.24, 2.45) is 0 Å². The number of rotatable bonds is 6. The molecule has 0 spiro atoms. The van der Waals surface area contributed by atoms with Crippen LogP contribution in [-0.2, 0) is 19.1 Å². The van der Waals surface area contributed by atoms with Gasteiger partial charge in [0.25, 0.3) is 0 Å². The van der Waals surface area contributed by atoms with Gasteiger partial charge in [-0.3, -0.25) is 9.59 Å². The number of hydrogen-bond acceptors (Lipinski definition) is 4. The maximum atomic E-state index is 12.4. The first-order chi connectivity index (χ1) is 14.3. The predicted molar refractivity (Wildman–Crippen MR) is 119 cm³/mol. The second kappa shape index (κ2) is 9.12. The Hall–Kier alpha value is -3.14. The van der Waals surface area contributed by atoms with Crippen molar-refractivity contribution in [1.29, 1.82) is 0 Å². The Morgan fingerprint density at radius 2 is 1.47 bits per heavy atom. The number of methoxy groups -OCH3 is 1. The Bertz CT molecular complexity index is 1020. The van der Waals surface area contributed by atoms with Crippen molar-refractivity contribution in [3.8, 4) is 11.1 Å². The standard InChI is InChI=1S/C26H28O4/c1-26(2,3)30-25(28)17-21(16-24(27)29-4)18-12-14-20(15-13-18)23-11-7-9-19-8-5-6-10-22(19)23/h5-15,21H,16-17H2,1-4H3/t21-/m0/s1. The number of carbonyl (C=O) groups excluding carboxylic acids is 2. The van der Waals surface area contributed by atoms with E-state index in [0.29, 0.717) is 0 Å². The van der Waals surface area contributed by atoms with Gasteiger partial charge in [0, 0.05) is 5.92 Å². The highest BCUT2D eigenvalue weighted by Crippen LogP contribution is 2.31. The van der Waals surface area contributed by atoms with Gasteiger partial charge in [-0.1, -0.05) is 66.7 Å². The molecule has 0 saturated heterocycles. The number of ether oxygens (including phenoxy) is 2. The van der Waals surface area contributed by atoms with E-state index in [4.69, 9.17) is 9.47 Å². The number of fused-ring (bicyclic) bond motifs is 1. The van der Waals surface area contributed by atoms with E-state index in [-0.39, 0.29) is 30.7 Å². The average Bonchev–Trinajstić information content (AvgIpc) is 2.71. The molecule has 0 aliphatic carbocycles. The molecule has 0 amide bonds. The van der Waals surface area contributed by atoms with Crippen LogP contribution in [0.3, 0.4) is 0 Å². The first-order valence-electron chi connectivity index (χ1n) is 10.1. The maximum absolute atomic E-state index is 12.4. The van der Waals surface area contributed by atoms with E-state index in [9.17, 15) is 9.59 Å². The average molecular weight is 405 g/mol. The van der Waals surface area contributed by atoms with Gasteiger partial charge >= 0.3 is 11.9 Å². The molecular formula is C26H28O4. The van der Waals surface area contributed by atoms with Crippen LogP contribution in [0.1, 0.15) is 45.1 Å². The van der Waals surface area contributed by atoms with Crippen molar-refractivity contribution >= 4 is 22.7 Å². The second-order valence-electron chi connectivity index (χ2n) is 8.42. The van der Waals surface area contributed by atoms with Crippen LogP contribution < -0.4 is 0 Å². The molecule has 0 unspecified atom stereocenters. The van der Waals surface area contributed by atoms with Crippen molar-refractivity contribution in [2.75, 3.05) is 7.11 Å². The second-order valence-corrected chi connectivity index (χ2v) is 8.42. The molecule has 4 nitrogen and oxygen atoms in total. The van der Waals surface area contributed by atoms with Crippen LogP contribution in [0.15, 0.2) is 66.7 Å². The summed E-state index contributed by atoms with van der Waals surface area (Å²) in [5.74, 6) is -0.968. The summed E-state index contributed by atoms with van der Waals surface area (Å²) in [6.07, 6.45) is 0.253. The lowest BCUT2D eigenvalue weighted by Crippen LogP contribution is -2.25. The lowest BCUT2D eigenvalue weighted by Gasteiger charge is -2.22. The summed E-state index contributed by atoms with van der Waals surface area (Å²) in [4.78, 5) is 24.3. The highest BCUT2D eigenvalue weighted by molar-refractivity contribution is 5.96. The highest BCUT2D eigenvalue weighted by Gasteiger charge is 2.24. The molecule has 0 radical (unpaired) electrons. The van der Waals surface area contributed by atoms with Crippen LogP contribution in [0.2, 0.25) is 0 Å². The summed E-state index contributed by atoms with van der Waals surface area (Å²) in [7, 11) is 1.36. The molecule has 3 rings (SSSR count). The zero-order chi connectivity index (χ0) is 21.7. The summed E-state index contributed by atoms with van der Waals surface area (Å²) in [5, 5.41) is 2.38. The monoisotopic (exact) mass is 404 g/mol. The van der Waals surface area contributed by atoms with Gasteiger partial charge in [0.15, 0.2) is 0 Å². The largest absolute Gasteiger partial charge is 0.469 e. The molecule has 156 valence electrons. The van der Waals surface area contributed by atoms with Crippen molar-refractivity contribution in [1.82, 2.24) is 0 Å². The minimum atomic E-state index is -0.564. The molecule has 0 saturated carbocycles. The third kappa shape index (κ3) is 5.47. The zero-order valence-corrected chi connectivity index (χ0v) is 18.0. The number of carbonyl (C=O) groups is 2. The molecule has 3 aromatic rings. The summed E-state index contributed by atoms with van der Waals surface area (Å²) < 4.78 is 10.3. The Morgan fingerprint density at radius 1 is 0.833 bits per heavy atom. The normalized spacial score (nSPS) is 12.4. The summed E-state index contributed by atoms with van der Waals surface area (Å²) in [6, 6.07) is 22.6. The highest BCUT2D eigenvalue weighted by atomic mass is 16.6. The van der Waals surface area contributed by atoms with Gasteiger partial charge in [0.05, 0.1) is 20.0 Å². The fourth-order valence-corrected chi connectivity index (χ4v) is 3.59. The lowest BCUT2D eigenvalue weighted by molar-refractivity contribution is -0.155. The van der Waals surface area contributed by atoms with Crippen LogP contribution in [0.4, 0.5) is 0 Å². The molecule has 0 aliphatic rings. The van der Waals surface area contributed by atoms with Gasteiger partial charge in [-0.15, -0.1) is 0 Å². The Balaban J connectivity index is 1.87. The van der Waals surface area contributed by atoms with E-state index >= 15 is 0 Å². The summed E-state index contributed by atoms with van der Waals surface area (Å²) in [5.41, 5.74) is 2.58. The van der Waals surface area contributed by atoms with E-state index in [0.717, 1.165) is 16.7 Å². The van der Waals surface area contributed by atoms with Gasteiger partial charge in [-0.05, 0) is 48.2 Å². The molecule has 0 N–H and O–H groups in total. The quantitative estimate of drug-likeness (QED) is 0.481. The number of benzene rings is 3. The minimum Gasteiger partial charge on any atom is -0.469 e. The predicted octanol–water partition coefficient (Wildman–Crippen LogP) is 5.89. The fourth-order valence-electron chi connectivity index (χ4n) is 3.59. The van der Waals surface area contributed by atoms with Gasteiger partial charge in [0.2, 0.25) is 0 Å². The van der Waals surface area contributed by atoms with Crippen molar-refractivity contribution < 1.29 is 19.1 Å². The molecule has 0 aliphatic heterocycles. The Kier molecular flexibility index (Phi) is 6.56. The summed E-state index contributed by atoms with van der Waals surface area (Å²) in [6.45, 7) is 5.50. The topological polar surface area (TPSA) is 52.6 Å². The van der Waals surface area contributed by atoms with Crippen LogP contribution in [0.5, 0.6) is 0 Å². The third-order valence-corrected chi connectivity index (χ3v) is 4.96. The molecule has 0 heterocycles. The first kappa shape index (κ1) is 21.6. The molecular weight excluding hydrogens is 376 g/mol. The van der Waals surface area contributed by atoms with Gasteiger partial charge < -0.3 is 9.47 Å². The van der Waals surface area contributed by atoms with E-state index in [2.05, 4.69) is 24.3 Å². The van der Waals surface area contributed by atoms with Crippen LogP contribution in [0, 0.1) is 0 Å². The minimum absolute atomic E-state index is 0.125. The van der Waals surface area contributed by atoms with Crippen LogP contribution in [-0.4, -0.2) is 24.6 Å². The van der Waals surface area contributed by atoms with Crippen LogP contribution in [0.25, 0.3) is 21.9 Å². The Labute approximate surface area is 177 Å². The van der Waals surface area contributed by atoms with Gasteiger partial charge in [0.1, 0.15) is 5.60 Å². The maximum Gasteiger partial charge on any atom is 0.306 e. The van der Waals surface area contributed by atoms with E-state index in [1.54, 1.807) is 0 Å². The SMILES string of the molecule is COC(=O)C[C@@H](CC(=O)OC(C)(C)C)c1ccc(-c2cccc3ccccc23)cc1. The number of esters is 2. The molecule has 0 aromatic heterocycles. The van der Waals surface area contributed by atoms with E-state index < -0.39 is 5.60 Å². The lowest BCUT2D eigenvalue weighted by atomic mass is 9.90. The first-order valence-corrected chi connectivity index (χ1v) is 10.1. The van der Waals surface area contributed by atoms with Crippen molar-refractivity contribution in [3.05, 3.63) is 72.3 Å². The molecule has 30 heavy (non-hydrogen) atoms. The molecule has 1 atom stereocenters. The molecule has 4 heteroatoms. The van der Waals surface area contributed by atoms with Crippen LogP contribution >= 0.6 is 0 Å². The Morgan fingerprint density at radius 3 is 2.13 bits per heavy atom. The number of hydrogen-bond donors (Lipinski definition) is 0. The molecule has 3 aromatic carbocycles.